The Morgan fingerprint density at radius 2 is 0.800 bits per heavy atom. The van der Waals surface area contributed by atoms with E-state index in [-0.39, 0.29) is 71.7 Å². The van der Waals surface area contributed by atoms with E-state index in [1.165, 1.54) is 38.2 Å². The smallest absolute Gasteiger partial charge is 0.146 e. The molecule has 7 aromatic carbocycles. The molecule has 0 spiro atoms. The molecule has 0 N–H and O–H groups in total. The number of ether oxygens (including phenoxy) is 3. The lowest BCUT2D eigenvalue weighted by atomic mass is 10.1. The molecule has 5 heterocycles. The zero-order chi connectivity index (χ0) is 60.0. The molecule has 7 unspecified atom stereocenters. The first-order valence-corrected chi connectivity index (χ1v) is 29.8. The van der Waals surface area contributed by atoms with Gasteiger partial charge in [-0.25, -0.2) is 0 Å². The van der Waals surface area contributed by atoms with Crippen LogP contribution in [0.5, 0.6) is 0 Å². The molecule has 4 aliphatic heterocycles. The maximum absolute atomic E-state index is 11.9. The molecule has 8 atom stereocenters. The van der Waals surface area contributed by atoms with Crippen molar-refractivity contribution in [3.05, 3.63) is 193 Å². The fourth-order valence-electron chi connectivity index (χ4n) is 12.3. The van der Waals surface area contributed by atoms with Gasteiger partial charge in [0.05, 0.1) is 68.3 Å². The number of nitrogens with zero attached hydrogens (tertiary/aromatic N) is 7. The van der Waals surface area contributed by atoms with E-state index in [0.717, 1.165) is 74.4 Å². The molecule has 14 heteroatoms. The molecule has 1 aromatic heterocycles. The SMILES string of the molecule is CC(=O)C1CC(OCc2ccc3ccccc3c2)CN1C.CC(=O)C1CC(OCc2cccc3ccccc23)CN1C.CC(=O)C1CC(OCc2ccccc2)CN1C.CC(=O)C1C[C@@H](n2nc(-c3ccccc3)c(-c3ccccc3)n2)CN1C. The average molecular weight is 1150 g/mol. The van der Waals surface area contributed by atoms with Gasteiger partial charge >= 0.3 is 0 Å². The third-order valence-corrected chi connectivity index (χ3v) is 17.0. The normalized spacial score (nSPS) is 22.5. The maximum Gasteiger partial charge on any atom is 0.146 e. The Balaban J connectivity index is 0.000000137. The van der Waals surface area contributed by atoms with Crippen LogP contribution in [0.1, 0.15) is 76.1 Å². The number of hydrogen-bond donors (Lipinski definition) is 0. The van der Waals surface area contributed by atoms with Crippen molar-refractivity contribution in [1.29, 1.82) is 0 Å². The Hall–Kier alpha value is -7.40. The summed E-state index contributed by atoms with van der Waals surface area (Å²) < 4.78 is 17.9. The van der Waals surface area contributed by atoms with Crippen LogP contribution in [0.2, 0.25) is 0 Å². The number of fused-ring (bicyclic) bond motifs is 2. The van der Waals surface area contributed by atoms with Gasteiger partial charge in [-0.1, -0.05) is 170 Å². The summed E-state index contributed by atoms with van der Waals surface area (Å²) >= 11 is 0. The van der Waals surface area contributed by atoms with Crippen molar-refractivity contribution in [2.75, 3.05) is 54.4 Å². The van der Waals surface area contributed by atoms with Crippen molar-refractivity contribution >= 4 is 44.7 Å². The molecular weight excluding hydrogens is 1060 g/mol. The maximum atomic E-state index is 11.9. The zero-order valence-corrected chi connectivity index (χ0v) is 50.6. The summed E-state index contributed by atoms with van der Waals surface area (Å²) in [6.07, 6.45) is 3.64. The summed E-state index contributed by atoms with van der Waals surface area (Å²) in [7, 11) is 7.96. The number of rotatable bonds is 16. The van der Waals surface area contributed by atoms with Gasteiger partial charge in [-0.2, -0.15) is 15.0 Å². The molecule has 444 valence electrons. The van der Waals surface area contributed by atoms with Crippen LogP contribution in [0.25, 0.3) is 44.1 Å². The Morgan fingerprint density at radius 3 is 1.28 bits per heavy atom. The van der Waals surface area contributed by atoms with Gasteiger partial charge in [0.25, 0.3) is 0 Å². The van der Waals surface area contributed by atoms with Gasteiger partial charge in [0.2, 0.25) is 0 Å². The summed E-state index contributed by atoms with van der Waals surface area (Å²) in [5.41, 5.74) is 7.43. The van der Waals surface area contributed by atoms with E-state index in [0.29, 0.717) is 19.8 Å². The molecule has 4 saturated heterocycles. The van der Waals surface area contributed by atoms with E-state index >= 15 is 0 Å². The largest absolute Gasteiger partial charge is 0.372 e. The average Bonchev–Trinajstić information content (AvgIpc) is 4.19. The van der Waals surface area contributed by atoms with Gasteiger partial charge in [0.15, 0.2) is 0 Å². The molecule has 0 radical (unpaired) electrons. The van der Waals surface area contributed by atoms with Gasteiger partial charge in [-0.15, -0.1) is 0 Å². The number of carbonyl (C=O) groups is 4. The Bertz CT molecular complexity index is 3420. The highest BCUT2D eigenvalue weighted by Crippen LogP contribution is 2.33. The van der Waals surface area contributed by atoms with Crippen LogP contribution in [-0.2, 0) is 53.2 Å². The third-order valence-electron chi connectivity index (χ3n) is 17.0. The number of benzene rings is 7. The Kier molecular flexibility index (Phi) is 21.6. The molecule has 0 bridgehead atoms. The van der Waals surface area contributed by atoms with Crippen LogP contribution in [-0.4, -0.2) is 155 Å². The second kappa shape index (κ2) is 29.6. The number of carbonyl (C=O) groups excluding carboxylic acids is 4. The molecule has 14 nitrogen and oxygen atoms in total. The topological polar surface area (TPSA) is 140 Å². The first kappa shape index (κ1) is 62.1. The van der Waals surface area contributed by atoms with Gasteiger partial charge in [0.1, 0.15) is 34.5 Å². The van der Waals surface area contributed by atoms with Gasteiger partial charge < -0.3 is 14.2 Å². The molecule has 4 fully saturated rings. The summed E-state index contributed by atoms with van der Waals surface area (Å²) in [5.74, 6) is 0.898. The quantitative estimate of drug-likeness (QED) is 0.0907. The molecule has 0 aliphatic carbocycles. The summed E-state index contributed by atoms with van der Waals surface area (Å²) in [6.45, 7) is 11.8. The zero-order valence-electron chi connectivity index (χ0n) is 50.6. The lowest BCUT2D eigenvalue weighted by molar-refractivity contribution is -0.121. The number of hydrogen-bond acceptors (Lipinski definition) is 13. The molecule has 85 heavy (non-hydrogen) atoms. The van der Waals surface area contributed by atoms with Crippen LogP contribution in [0.4, 0.5) is 0 Å². The lowest BCUT2D eigenvalue weighted by Gasteiger charge is -2.14. The number of likely N-dealkylation sites (N-methyl/N-ethyl adjacent to an activating group) is 4. The van der Waals surface area contributed by atoms with Crippen molar-refractivity contribution in [2.45, 2.75) is 122 Å². The Labute approximate surface area is 501 Å². The van der Waals surface area contributed by atoms with E-state index in [1.807, 2.05) is 87.6 Å². The van der Waals surface area contributed by atoms with Gasteiger partial charge in [-0.05, 0) is 126 Å². The van der Waals surface area contributed by atoms with Crippen molar-refractivity contribution in [1.82, 2.24) is 34.6 Å². The standard InChI is InChI=1S/C21H22N4O.2C18H21NO2.C14H19NO2/c1-15(26)19-13-18(14-24(19)2)25-22-20(16-9-5-3-6-10-16)21(23-25)17-11-7-4-8-12-17;1-13(20)18-10-16(11-19(18)2)21-12-15-8-5-7-14-6-3-4-9-17(14)15;1-13(20)18-10-17(11-19(18)2)21-12-14-7-8-15-5-3-4-6-16(15)9-14;1-11(16)14-8-13(9-15(14)2)17-10-12-6-4-3-5-7-12/h3-12,18-19H,13-14H2,1-2H3;3-9,16,18H,10-12H2,1-2H3;3-9,17-18H,10-12H2,1-2H3;3-7,13-14H,8-10H2,1-2H3/t18-,19?;;;/m1.../s1. The minimum absolute atomic E-state index is 0.0162. The first-order valence-electron chi connectivity index (χ1n) is 29.8. The summed E-state index contributed by atoms with van der Waals surface area (Å²) in [4.78, 5) is 56.5. The third kappa shape index (κ3) is 16.5. The number of aromatic nitrogens is 3. The van der Waals surface area contributed by atoms with Crippen LogP contribution >= 0.6 is 0 Å². The van der Waals surface area contributed by atoms with Crippen molar-refractivity contribution in [2.24, 2.45) is 0 Å². The highest BCUT2D eigenvalue weighted by Gasteiger charge is 2.37. The number of ketones is 4. The Morgan fingerprint density at radius 1 is 0.400 bits per heavy atom. The molecule has 4 aliphatic rings. The minimum Gasteiger partial charge on any atom is -0.372 e. The highest BCUT2D eigenvalue weighted by atomic mass is 16.5. The minimum atomic E-state index is -0.0497. The number of likely N-dealkylation sites (tertiary alicyclic amines) is 4. The summed E-state index contributed by atoms with van der Waals surface area (Å²) in [6, 6.07) is 60.0. The second-order valence-electron chi connectivity index (χ2n) is 23.4. The second-order valence-corrected chi connectivity index (χ2v) is 23.4. The van der Waals surface area contributed by atoms with E-state index < -0.39 is 0 Å². The molecule has 0 saturated carbocycles. The van der Waals surface area contributed by atoms with E-state index in [4.69, 9.17) is 24.4 Å². The van der Waals surface area contributed by atoms with Crippen LogP contribution < -0.4 is 0 Å². The predicted octanol–water partition coefficient (Wildman–Crippen LogP) is 11.3. The van der Waals surface area contributed by atoms with Gasteiger partial charge in [-0.3, -0.25) is 38.8 Å². The first-order chi connectivity index (χ1) is 41.1. The van der Waals surface area contributed by atoms with Crippen LogP contribution in [0, 0.1) is 0 Å². The lowest BCUT2D eigenvalue weighted by Crippen LogP contribution is -2.30. The molecule has 8 aromatic rings. The fourth-order valence-corrected chi connectivity index (χ4v) is 12.3. The van der Waals surface area contributed by atoms with E-state index in [1.54, 1.807) is 27.7 Å². The molecule has 0 amide bonds. The van der Waals surface area contributed by atoms with E-state index in [9.17, 15) is 19.2 Å². The summed E-state index contributed by atoms with van der Waals surface area (Å²) in [5, 5.41) is 14.6. The van der Waals surface area contributed by atoms with Gasteiger partial charge in [0, 0.05) is 37.3 Å². The predicted molar refractivity (Wildman–Crippen MR) is 337 cm³/mol. The highest BCUT2D eigenvalue weighted by molar-refractivity contribution is 5.86. The molecular formula is C71H83N7O7. The van der Waals surface area contributed by atoms with Crippen molar-refractivity contribution in [3.63, 3.8) is 0 Å². The fraction of sp³-hybridized carbons (Fsp3) is 0.380. The van der Waals surface area contributed by atoms with Crippen LogP contribution in [0.3, 0.4) is 0 Å². The van der Waals surface area contributed by atoms with Crippen molar-refractivity contribution in [3.8, 4) is 22.5 Å². The van der Waals surface area contributed by atoms with Crippen LogP contribution in [0.15, 0.2) is 176 Å². The monoisotopic (exact) mass is 1150 g/mol. The van der Waals surface area contributed by atoms with E-state index in [2.05, 4.69) is 141 Å². The molecule has 12 rings (SSSR count). The number of Topliss-reactive ketones (excluding diaryl/α,β-unsaturated/α-hetero) is 4. The van der Waals surface area contributed by atoms with Crippen molar-refractivity contribution < 1.29 is 33.4 Å².